The minimum atomic E-state index is 0. The molecule has 6 heteroatoms. The van der Waals surface area contributed by atoms with Crippen LogP contribution < -0.4 is 10.6 Å². The Labute approximate surface area is 164 Å². The van der Waals surface area contributed by atoms with Gasteiger partial charge in [0.2, 0.25) is 0 Å². The van der Waals surface area contributed by atoms with Crippen molar-refractivity contribution in [1.29, 1.82) is 0 Å². The van der Waals surface area contributed by atoms with Gasteiger partial charge in [-0.3, -0.25) is 4.99 Å². The lowest BCUT2D eigenvalue weighted by Gasteiger charge is -2.18. The highest BCUT2D eigenvalue weighted by Crippen LogP contribution is 2.23. The van der Waals surface area contributed by atoms with E-state index in [9.17, 15) is 0 Å². The minimum Gasteiger partial charge on any atom is -0.361 e. The standard InChI is InChI=1S/C18H34N4O.HI/c1-7-9-10-11-14(4)21-18(19-8-2)20-12-13(3)17-15(5)22-23-16(17)6;/h13-14H,7-12H2,1-6H3,(H2,19,20,21);1H. The number of hydrogen-bond acceptors (Lipinski definition) is 3. The molecule has 1 aromatic rings. The van der Waals surface area contributed by atoms with E-state index in [4.69, 9.17) is 9.52 Å². The Morgan fingerprint density at radius 1 is 1.21 bits per heavy atom. The van der Waals surface area contributed by atoms with E-state index >= 15 is 0 Å². The van der Waals surface area contributed by atoms with Crippen molar-refractivity contribution in [2.75, 3.05) is 13.1 Å². The number of aromatic nitrogens is 1. The van der Waals surface area contributed by atoms with Gasteiger partial charge in [0, 0.05) is 30.6 Å². The van der Waals surface area contributed by atoms with Crippen LogP contribution in [0.4, 0.5) is 0 Å². The van der Waals surface area contributed by atoms with E-state index < -0.39 is 0 Å². The van der Waals surface area contributed by atoms with E-state index in [2.05, 4.69) is 43.5 Å². The van der Waals surface area contributed by atoms with Crippen molar-refractivity contribution in [2.24, 2.45) is 4.99 Å². The molecule has 2 N–H and O–H groups in total. The highest BCUT2D eigenvalue weighted by Gasteiger charge is 2.16. The Bertz CT molecular complexity index is 468. The summed E-state index contributed by atoms with van der Waals surface area (Å²) in [5.41, 5.74) is 2.15. The van der Waals surface area contributed by atoms with Gasteiger partial charge in [0.1, 0.15) is 5.76 Å². The molecule has 0 aromatic carbocycles. The number of unbranched alkanes of at least 4 members (excludes halogenated alkanes) is 2. The van der Waals surface area contributed by atoms with Gasteiger partial charge in [0.05, 0.1) is 5.69 Å². The van der Waals surface area contributed by atoms with Crippen LogP contribution in [0.2, 0.25) is 0 Å². The van der Waals surface area contributed by atoms with Crippen molar-refractivity contribution in [3.05, 3.63) is 17.0 Å². The van der Waals surface area contributed by atoms with Crippen LogP contribution in [-0.4, -0.2) is 30.2 Å². The first kappa shape index (κ1) is 23.2. The molecule has 0 aliphatic carbocycles. The van der Waals surface area contributed by atoms with Crippen molar-refractivity contribution < 1.29 is 4.52 Å². The Morgan fingerprint density at radius 3 is 2.46 bits per heavy atom. The molecule has 0 saturated heterocycles. The van der Waals surface area contributed by atoms with Gasteiger partial charge in [-0.05, 0) is 34.1 Å². The fourth-order valence-corrected chi connectivity index (χ4v) is 2.84. The summed E-state index contributed by atoms with van der Waals surface area (Å²) < 4.78 is 5.26. The highest BCUT2D eigenvalue weighted by molar-refractivity contribution is 14.0. The molecular weight excluding hydrogens is 415 g/mol. The molecule has 0 radical (unpaired) electrons. The molecule has 0 saturated carbocycles. The van der Waals surface area contributed by atoms with Crippen LogP contribution in [0.3, 0.4) is 0 Å². The Kier molecular flexibility index (Phi) is 12.1. The van der Waals surface area contributed by atoms with E-state index in [1.807, 2.05) is 13.8 Å². The van der Waals surface area contributed by atoms with Crippen LogP contribution >= 0.6 is 24.0 Å². The molecule has 5 nitrogen and oxygen atoms in total. The summed E-state index contributed by atoms with van der Waals surface area (Å²) in [5.74, 6) is 2.10. The van der Waals surface area contributed by atoms with Crippen LogP contribution in [0.1, 0.15) is 76.3 Å². The second-order valence-electron chi connectivity index (χ2n) is 6.40. The molecule has 0 aliphatic heterocycles. The van der Waals surface area contributed by atoms with Gasteiger partial charge < -0.3 is 15.2 Å². The van der Waals surface area contributed by atoms with Crippen molar-refractivity contribution >= 4 is 29.9 Å². The van der Waals surface area contributed by atoms with E-state index in [1.54, 1.807) is 0 Å². The summed E-state index contributed by atoms with van der Waals surface area (Å²) >= 11 is 0. The first-order valence-corrected chi connectivity index (χ1v) is 8.97. The Balaban J connectivity index is 0.00000529. The number of halogens is 1. The van der Waals surface area contributed by atoms with Crippen molar-refractivity contribution in [1.82, 2.24) is 15.8 Å². The van der Waals surface area contributed by atoms with Crippen molar-refractivity contribution in [3.63, 3.8) is 0 Å². The predicted octanol–water partition coefficient (Wildman–Crippen LogP) is 4.54. The van der Waals surface area contributed by atoms with Gasteiger partial charge in [-0.25, -0.2) is 0 Å². The molecule has 24 heavy (non-hydrogen) atoms. The first-order valence-electron chi connectivity index (χ1n) is 8.97. The first-order chi connectivity index (χ1) is 11.0. The summed E-state index contributed by atoms with van der Waals surface area (Å²) in [4.78, 5) is 4.74. The smallest absolute Gasteiger partial charge is 0.191 e. The minimum absolute atomic E-state index is 0. The van der Waals surface area contributed by atoms with Gasteiger partial charge >= 0.3 is 0 Å². The molecule has 0 amide bonds. The predicted molar refractivity (Wildman–Crippen MR) is 113 cm³/mol. The number of aliphatic imine (C=N–C) groups is 1. The second-order valence-corrected chi connectivity index (χ2v) is 6.40. The quantitative estimate of drug-likeness (QED) is 0.251. The van der Waals surface area contributed by atoms with Crippen molar-refractivity contribution in [3.8, 4) is 0 Å². The average molecular weight is 450 g/mol. The fourth-order valence-electron chi connectivity index (χ4n) is 2.84. The third kappa shape index (κ3) is 7.85. The molecule has 2 unspecified atom stereocenters. The molecule has 0 bridgehead atoms. The number of rotatable bonds is 9. The maximum atomic E-state index is 5.26. The SMILES string of the molecule is CCCCCC(C)NC(=NCC(C)c1c(C)noc1C)NCC.I. The Morgan fingerprint density at radius 2 is 1.92 bits per heavy atom. The maximum Gasteiger partial charge on any atom is 0.191 e. The summed E-state index contributed by atoms with van der Waals surface area (Å²) in [6.07, 6.45) is 5.00. The third-order valence-corrected chi connectivity index (χ3v) is 4.07. The second kappa shape index (κ2) is 12.6. The largest absolute Gasteiger partial charge is 0.361 e. The number of nitrogens with one attached hydrogen (secondary N) is 2. The van der Waals surface area contributed by atoms with Crippen LogP contribution in [0.5, 0.6) is 0 Å². The van der Waals surface area contributed by atoms with Gasteiger partial charge in [0.15, 0.2) is 5.96 Å². The van der Waals surface area contributed by atoms with E-state index in [-0.39, 0.29) is 24.0 Å². The normalized spacial score (nSPS) is 14.0. The van der Waals surface area contributed by atoms with Crippen LogP contribution in [0.25, 0.3) is 0 Å². The molecule has 140 valence electrons. The summed E-state index contributed by atoms with van der Waals surface area (Å²) in [5, 5.41) is 10.9. The topological polar surface area (TPSA) is 62.5 Å². The molecule has 2 atom stereocenters. The number of nitrogens with zero attached hydrogens (tertiary/aromatic N) is 2. The van der Waals surface area contributed by atoms with Crippen LogP contribution in [-0.2, 0) is 0 Å². The average Bonchev–Trinajstić information content (AvgIpc) is 2.84. The molecular formula is C18H35IN4O. The van der Waals surface area contributed by atoms with Gasteiger partial charge in [-0.15, -0.1) is 24.0 Å². The summed E-state index contributed by atoms with van der Waals surface area (Å²) in [6.45, 7) is 14.3. The fraction of sp³-hybridized carbons (Fsp3) is 0.778. The zero-order valence-corrected chi connectivity index (χ0v) is 18.4. The van der Waals surface area contributed by atoms with Gasteiger partial charge in [-0.2, -0.15) is 0 Å². The summed E-state index contributed by atoms with van der Waals surface area (Å²) in [7, 11) is 0. The Hall–Kier alpha value is -0.790. The molecule has 0 spiro atoms. The zero-order valence-electron chi connectivity index (χ0n) is 16.1. The van der Waals surface area contributed by atoms with Gasteiger partial charge in [-0.1, -0.05) is 38.3 Å². The third-order valence-electron chi connectivity index (χ3n) is 4.07. The number of aryl methyl sites for hydroxylation is 2. The zero-order chi connectivity index (χ0) is 17.2. The highest BCUT2D eigenvalue weighted by atomic mass is 127. The molecule has 1 rings (SSSR count). The van der Waals surface area contributed by atoms with Crippen molar-refractivity contribution in [2.45, 2.75) is 79.2 Å². The van der Waals surface area contributed by atoms with E-state index in [0.717, 1.165) is 30.5 Å². The maximum absolute atomic E-state index is 5.26. The van der Waals surface area contributed by atoms with Gasteiger partial charge in [0.25, 0.3) is 0 Å². The molecule has 1 aromatic heterocycles. The lowest BCUT2D eigenvalue weighted by Crippen LogP contribution is -2.42. The monoisotopic (exact) mass is 450 g/mol. The number of guanidine groups is 1. The van der Waals surface area contributed by atoms with E-state index in [1.165, 1.54) is 31.2 Å². The molecule has 0 fully saturated rings. The lowest BCUT2D eigenvalue weighted by atomic mass is 10.00. The van der Waals surface area contributed by atoms with Crippen LogP contribution in [0, 0.1) is 13.8 Å². The summed E-state index contributed by atoms with van der Waals surface area (Å²) in [6, 6.07) is 0.439. The van der Waals surface area contributed by atoms with Crippen LogP contribution in [0.15, 0.2) is 9.52 Å². The lowest BCUT2D eigenvalue weighted by molar-refractivity contribution is 0.391. The number of hydrogen-bond donors (Lipinski definition) is 2. The molecule has 0 aliphatic rings. The van der Waals surface area contributed by atoms with E-state index in [0.29, 0.717) is 12.0 Å². The molecule has 1 heterocycles.